The fourth-order valence-corrected chi connectivity index (χ4v) is 6.58. The summed E-state index contributed by atoms with van der Waals surface area (Å²) >= 11 is 0. The van der Waals surface area contributed by atoms with Gasteiger partial charge in [-0.3, -0.25) is 9.59 Å². The minimum absolute atomic E-state index is 0.0877. The topological polar surface area (TPSA) is 72.8 Å². The van der Waals surface area contributed by atoms with Gasteiger partial charge in [0.25, 0.3) is 0 Å². The third kappa shape index (κ3) is 50.7. The second-order valence-corrected chi connectivity index (χ2v) is 16.5. The van der Waals surface area contributed by atoms with Crippen LogP contribution < -0.4 is 0 Å². The predicted octanol–water partition coefficient (Wildman–Crippen LogP) is 17.3. The van der Waals surface area contributed by atoms with Crippen LogP contribution in [0.25, 0.3) is 0 Å². The second-order valence-electron chi connectivity index (χ2n) is 16.5. The first-order chi connectivity index (χ1) is 31.6. The molecule has 0 fully saturated rings. The lowest BCUT2D eigenvalue weighted by atomic mass is 10.1. The molecule has 0 saturated carbocycles. The van der Waals surface area contributed by atoms with Gasteiger partial charge in [-0.15, -0.1) is 0 Å². The summed E-state index contributed by atoms with van der Waals surface area (Å²) in [6.45, 7) is 3.96. The van der Waals surface area contributed by atoms with Gasteiger partial charge in [-0.1, -0.05) is 212 Å². The number of aliphatic hydroxyl groups is 1. The van der Waals surface area contributed by atoms with E-state index >= 15 is 0 Å². The van der Waals surface area contributed by atoms with Crippen molar-refractivity contribution in [1.82, 2.24) is 0 Å². The SMILES string of the molecule is CC/C=C\C/C=C\C/C=C\C/C=C\C/C=C\C/C=C\C/C=C\C/C=C\CCCCCCCCC(=O)OC(CO)COC(=O)CCCCCCCC/C=C\C/C=C\C/C=C\CCCCC. The van der Waals surface area contributed by atoms with Crippen molar-refractivity contribution in [2.24, 2.45) is 0 Å². The first-order valence-corrected chi connectivity index (χ1v) is 25.7. The minimum Gasteiger partial charge on any atom is -0.462 e. The Morgan fingerprint density at radius 3 is 1.02 bits per heavy atom. The summed E-state index contributed by atoms with van der Waals surface area (Å²) in [6.07, 6.45) is 79.6. The average molecular weight is 883 g/mol. The Balaban J connectivity index is 3.65. The second kappa shape index (κ2) is 53.4. The van der Waals surface area contributed by atoms with E-state index in [0.29, 0.717) is 12.8 Å². The van der Waals surface area contributed by atoms with Crippen molar-refractivity contribution >= 4 is 11.9 Å². The summed E-state index contributed by atoms with van der Waals surface area (Å²) in [5, 5.41) is 9.63. The van der Waals surface area contributed by atoms with Crippen molar-refractivity contribution in [1.29, 1.82) is 0 Å². The Morgan fingerprint density at radius 2 is 0.672 bits per heavy atom. The van der Waals surface area contributed by atoms with Gasteiger partial charge in [-0.25, -0.2) is 0 Å². The Bertz CT molecular complexity index is 1370. The summed E-state index contributed by atoms with van der Waals surface area (Å²) in [5.74, 6) is -0.632. The molecule has 0 aromatic carbocycles. The number of allylic oxidation sites excluding steroid dienone is 22. The average Bonchev–Trinajstić information content (AvgIpc) is 3.30. The number of hydrogen-bond acceptors (Lipinski definition) is 5. The molecule has 5 nitrogen and oxygen atoms in total. The van der Waals surface area contributed by atoms with E-state index in [1.54, 1.807) is 0 Å². The first kappa shape index (κ1) is 60.0. The van der Waals surface area contributed by atoms with E-state index in [1.807, 2.05) is 0 Å². The van der Waals surface area contributed by atoms with Crippen LogP contribution in [-0.4, -0.2) is 36.4 Å². The fourth-order valence-electron chi connectivity index (χ4n) is 6.58. The van der Waals surface area contributed by atoms with Gasteiger partial charge in [0, 0.05) is 12.8 Å². The Kier molecular flexibility index (Phi) is 50.1. The zero-order chi connectivity index (χ0) is 46.3. The molecule has 0 spiro atoms. The fraction of sp³-hybridized carbons (Fsp3) is 0.593. The van der Waals surface area contributed by atoms with Gasteiger partial charge in [0.1, 0.15) is 6.61 Å². The van der Waals surface area contributed by atoms with Crippen LogP contribution in [0.5, 0.6) is 0 Å². The molecule has 0 radical (unpaired) electrons. The molecule has 64 heavy (non-hydrogen) atoms. The van der Waals surface area contributed by atoms with E-state index in [4.69, 9.17) is 9.47 Å². The molecule has 5 heteroatoms. The molecule has 0 heterocycles. The number of carbonyl (C=O) groups is 2. The first-order valence-electron chi connectivity index (χ1n) is 25.7. The smallest absolute Gasteiger partial charge is 0.306 e. The van der Waals surface area contributed by atoms with Crippen molar-refractivity contribution in [2.75, 3.05) is 13.2 Å². The van der Waals surface area contributed by atoms with E-state index in [0.717, 1.165) is 122 Å². The molecule has 0 amide bonds. The third-order valence-electron chi connectivity index (χ3n) is 10.4. The number of unbranched alkanes of at least 4 members (excludes halogenated alkanes) is 15. The van der Waals surface area contributed by atoms with Crippen LogP contribution in [-0.2, 0) is 19.1 Å². The maximum atomic E-state index is 12.3. The van der Waals surface area contributed by atoms with Gasteiger partial charge in [0.05, 0.1) is 6.61 Å². The molecule has 0 aromatic heterocycles. The summed E-state index contributed by atoms with van der Waals surface area (Å²) in [6, 6.07) is 0. The molecule has 0 aromatic rings. The zero-order valence-corrected chi connectivity index (χ0v) is 41.0. The number of ether oxygens (including phenoxy) is 2. The van der Waals surface area contributed by atoms with E-state index in [9.17, 15) is 14.7 Å². The summed E-state index contributed by atoms with van der Waals surface area (Å²) in [5.41, 5.74) is 0. The molecule has 0 aliphatic heterocycles. The van der Waals surface area contributed by atoms with Gasteiger partial charge in [0.2, 0.25) is 0 Å². The van der Waals surface area contributed by atoms with Crippen LogP contribution in [0.2, 0.25) is 0 Å². The number of esters is 2. The van der Waals surface area contributed by atoms with E-state index < -0.39 is 6.10 Å². The highest BCUT2D eigenvalue weighted by Crippen LogP contribution is 2.12. The number of aliphatic hydroxyl groups excluding tert-OH is 1. The highest BCUT2D eigenvalue weighted by Gasteiger charge is 2.16. The van der Waals surface area contributed by atoms with Crippen molar-refractivity contribution < 1.29 is 24.2 Å². The molecule has 360 valence electrons. The normalized spacial score (nSPS) is 13.4. The van der Waals surface area contributed by atoms with Crippen LogP contribution in [0, 0.1) is 0 Å². The van der Waals surface area contributed by atoms with Gasteiger partial charge < -0.3 is 14.6 Å². The maximum Gasteiger partial charge on any atom is 0.306 e. The van der Waals surface area contributed by atoms with Crippen molar-refractivity contribution in [3.05, 3.63) is 134 Å². The molecular weight excluding hydrogens is 789 g/mol. The summed E-state index contributed by atoms with van der Waals surface area (Å²) in [7, 11) is 0. The van der Waals surface area contributed by atoms with Crippen LogP contribution in [0.3, 0.4) is 0 Å². The maximum absolute atomic E-state index is 12.3. The number of hydrogen-bond donors (Lipinski definition) is 1. The molecule has 0 bridgehead atoms. The summed E-state index contributed by atoms with van der Waals surface area (Å²) < 4.78 is 10.7. The zero-order valence-electron chi connectivity index (χ0n) is 41.0. The number of carbonyl (C=O) groups excluding carboxylic acids is 2. The molecule has 1 N–H and O–H groups in total. The minimum atomic E-state index is -0.796. The monoisotopic (exact) mass is 883 g/mol. The molecule has 1 unspecified atom stereocenters. The van der Waals surface area contributed by atoms with Crippen LogP contribution in [0.15, 0.2) is 134 Å². The third-order valence-corrected chi connectivity index (χ3v) is 10.4. The lowest BCUT2D eigenvalue weighted by Crippen LogP contribution is -2.28. The lowest BCUT2D eigenvalue weighted by molar-refractivity contribution is -0.161. The largest absolute Gasteiger partial charge is 0.462 e. The highest BCUT2D eigenvalue weighted by molar-refractivity contribution is 5.70. The van der Waals surface area contributed by atoms with E-state index in [-0.39, 0.29) is 25.2 Å². The van der Waals surface area contributed by atoms with Crippen LogP contribution in [0.4, 0.5) is 0 Å². The van der Waals surface area contributed by atoms with Crippen LogP contribution in [0.1, 0.15) is 206 Å². The Hall–Kier alpha value is -3.96. The van der Waals surface area contributed by atoms with Crippen LogP contribution >= 0.6 is 0 Å². The molecule has 0 saturated heterocycles. The van der Waals surface area contributed by atoms with Gasteiger partial charge in [-0.2, -0.15) is 0 Å². The highest BCUT2D eigenvalue weighted by atomic mass is 16.6. The Morgan fingerprint density at radius 1 is 0.375 bits per heavy atom. The number of rotatable bonds is 45. The quantitative estimate of drug-likeness (QED) is 0.0375. The molecular formula is C59H94O5. The van der Waals surface area contributed by atoms with E-state index in [1.165, 1.54) is 57.8 Å². The van der Waals surface area contributed by atoms with Crippen molar-refractivity contribution in [3.8, 4) is 0 Å². The lowest BCUT2D eigenvalue weighted by Gasteiger charge is -2.15. The van der Waals surface area contributed by atoms with E-state index in [2.05, 4.69) is 148 Å². The predicted molar refractivity (Wildman–Crippen MR) is 278 cm³/mol. The van der Waals surface area contributed by atoms with Crippen molar-refractivity contribution in [2.45, 2.75) is 213 Å². The van der Waals surface area contributed by atoms with Gasteiger partial charge >= 0.3 is 11.9 Å². The van der Waals surface area contributed by atoms with Crippen molar-refractivity contribution in [3.63, 3.8) is 0 Å². The standard InChI is InChI=1S/C59H94O5/c1-3-5-7-9-11-13-15-17-19-21-23-24-25-26-27-28-29-30-31-32-33-34-36-38-40-42-44-46-48-50-52-54-59(62)64-57(55-60)56-63-58(61)53-51-49-47-45-43-41-39-37-35-22-20-18-16-14-12-10-8-6-4-2/h5,7,11-14,17-20,23-24,26-27,29-30,32-33,35-38,57,60H,3-4,6,8-10,15-16,21-22,25,28,31,34,39-56H2,1-2H3/b7-5-,13-11-,14-12-,19-17-,20-18-,24-23-,27-26-,30-29-,33-32-,37-35-,38-36-. The molecule has 0 aliphatic rings. The van der Waals surface area contributed by atoms with Gasteiger partial charge in [-0.05, 0) is 116 Å². The Labute approximate surface area is 394 Å². The summed E-state index contributed by atoms with van der Waals surface area (Å²) in [4.78, 5) is 24.4. The molecule has 0 aliphatic carbocycles. The van der Waals surface area contributed by atoms with Gasteiger partial charge in [0.15, 0.2) is 6.10 Å². The molecule has 0 rings (SSSR count). The molecule has 1 atom stereocenters.